The van der Waals surface area contributed by atoms with Gasteiger partial charge in [-0.2, -0.15) is 0 Å². The molecule has 0 saturated carbocycles. The molecule has 0 amide bonds. The monoisotopic (exact) mass is 857 g/mol. The number of hydrogen-bond acceptors (Lipinski definition) is 2. The van der Waals surface area contributed by atoms with E-state index < -0.39 is 5.41 Å². The van der Waals surface area contributed by atoms with Crippen LogP contribution in [-0.2, 0) is 16.2 Å². The molecule has 0 bridgehead atoms. The first kappa shape index (κ1) is 38.3. The van der Waals surface area contributed by atoms with Crippen molar-refractivity contribution < 1.29 is 4.74 Å². The third kappa shape index (κ3) is 5.05. The van der Waals surface area contributed by atoms with Crippen molar-refractivity contribution in [3.63, 3.8) is 0 Å². The highest BCUT2D eigenvalue weighted by molar-refractivity contribution is 6.05. The second kappa shape index (κ2) is 13.6. The van der Waals surface area contributed by atoms with Crippen LogP contribution < -0.4 is 9.64 Å². The molecule has 1 unspecified atom stereocenters. The van der Waals surface area contributed by atoms with E-state index in [2.05, 4.69) is 245 Å². The molecule has 1 atom stereocenters. The van der Waals surface area contributed by atoms with Crippen LogP contribution >= 0.6 is 0 Å². The Balaban J connectivity index is 0.940. The second-order valence-corrected chi connectivity index (χ2v) is 20.0. The van der Waals surface area contributed by atoms with Gasteiger partial charge in [0.25, 0.3) is 0 Å². The second-order valence-electron chi connectivity index (χ2n) is 20.0. The van der Waals surface area contributed by atoms with Crippen LogP contribution in [0.2, 0.25) is 0 Å². The van der Waals surface area contributed by atoms with Gasteiger partial charge in [0.15, 0.2) is 0 Å². The average molecular weight is 858 g/mol. The normalized spacial score (nSPS) is 16.8. The van der Waals surface area contributed by atoms with Crippen molar-refractivity contribution >= 4 is 27.8 Å². The smallest absolute Gasteiger partial charge is 0.140 e. The van der Waals surface area contributed by atoms with Gasteiger partial charge in [0.1, 0.15) is 11.5 Å². The van der Waals surface area contributed by atoms with Gasteiger partial charge < -0.3 is 9.64 Å². The third-order valence-corrected chi connectivity index (χ3v) is 15.9. The SMILES string of the molecule is CC1(C)c2ccccc2-c2ccc(N(c3ccc(-c4cccc5c4Oc4ccccc4C54c5ccccc5-c5c4ccc4ccccc54)cc3)c3ccc4c(c3)C(C)(C)c3ccccc3-4)cc21. The number of ether oxygens (including phenoxy) is 1. The molecule has 0 radical (unpaired) electrons. The fourth-order valence-electron chi connectivity index (χ4n) is 12.8. The first-order chi connectivity index (χ1) is 32.7. The minimum Gasteiger partial charge on any atom is -0.456 e. The Labute approximate surface area is 392 Å². The van der Waals surface area contributed by atoms with Gasteiger partial charge in [-0.05, 0) is 126 Å². The Hall–Kier alpha value is -7.94. The molecule has 318 valence electrons. The van der Waals surface area contributed by atoms with E-state index in [0.29, 0.717) is 0 Å². The van der Waals surface area contributed by atoms with Crippen LogP contribution in [0, 0.1) is 0 Å². The van der Waals surface area contributed by atoms with E-state index in [1.54, 1.807) is 0 Å². The van der Waals surface area contributed by atoms with E-state index in [-0.39, 0.29) is 10.8 Å². The van der Waals surface area contributed by atoms with Crippen molar-refractivity contribution in [3.8, 4) is 56.0 Å². The first-order valence-corrected chi connectivity index (χ1v) is 23.7. The average Bonchev–Trinajstić information content (AvgIpc) is 3.89. The highest BCUT2D eigenvalue weighted by atomic mass is 16.5. The highest BCUT2D eigenvalue weighted by Gasteiger charge is 2.52. The summed E-state index contributed by atoms with van der Waals surface area (Å²) in [5, 5.41) is 2.53. The van der Waals surface area contributed by atoms with Crippen LogP contribution in [0.3, 0.4) is 0 Å². The summed E-state index contributed by atoms with van der Waals surface area (Å²) in [6.45, 7) is 9.47. The summed E-state index contributed by atoms with van der Waals surface area (Å²) >= 11 is 0. The molecular weight excluding hydrogens is 811 g/mol. The molecule has 0 aromatic heterocycles. The third-order valence-electron chi connectivity index (χ3n) is 15.9. The lowest BCUT2D eigenvalue weighted by Gasteiger charge is -2.40. The Morgan fingerprint density at radius 3 is 1.52 bits per heavy atom. The zero-order chi connectivity index (χ0) is 44.8. The van der Waals surface area contributed by atoms with E-state index in [9.17, 15) is 0 Å². The Morgan fingerprint density at radius 2 is 0.851 bits per heavy atom. The van der Waals surface area contributed by atoms with Gasteiger partial charge in [0.2, 0.25) is 0 Å². The van der Waals surface area contributed by atoms with Crippen LogP contribution in [-0.4, -0.2) is 0 Å². The lowest BCUT2D eigenvalue weighted by Crippen LogP contribution is -2.32. The standard InChI is InChI=1S/C65H47NO/c1-63(2)52-22-10-7-18-47(52)49-35-33-43(38-58(49)63)66(44-34-36-50-48-19-8-11-23-53(48)64(3,4)59(50)39-44)42-31-28-41(29-32-42)46-21-15-26-57-62(46)67-60-27-14-13-25-55(60)65(57)54-24-12-9-20-51(54)61-45-17-6-5-16-40(45)30-37-56(61)65/h5-39H,1-4H3. The van der Waals surface area contributed by atoms with Crippen LogP contribution in [0.5, 0.6) is 11.5 Å². The molecule has 2 nitrogen and oxygen atoms in total. The van der Waals surface area contributed by atoms with E-state index >= 15 is 0 Å². The van der Waals surface area contributed by atoms with Gasteiger partial charge in [-0.1, -0.05) is 198 Å². The molecule has 0 saturated heterocycles. The molecule has 4 aliphatic rings. The summed E-state index contributed by atoms with van der Waals surface area (Å²) in [6.07, 6.45) is 0. The number of rotatable bonds is 4. The van der Waals surface area contributed by atoms with Crippen LogP contribution in [0.1, 0.15) is 72.2 Å². The van der Waals surface area contributed by atoms with Crippen molar-refractivity contribution in [3.05, 3.63) is 257 Å². The van der Waals surface area contributed by atoms with Crippen molar-refractivity contribution in [2.45, 2.75) is 43.9 Å². The zero-order valence-electron chi connectivity index (χ0n) is 38.1. The molecule has 14 rings (SSSR count). The number of benzene rings is 10. The number of fused-ring (bicyclic) bond motifs is 17. The highest BCUT2D eigenvalue weighted by Crippen LogP contribution is 2.64. The number of anilines is 3. The largest absolute Gasteiger partial charge is 0.456 e. The molecule has 1 spiro atoms. The van der Waals surface area contributed by atoms with Gasteiger partial charge in [-0.3, -0.25) is 0 Å². The molecule has 10 aromatic carbocycles. The summed E-state index contributed by atoms with van der Waals surface area (Å²) in [4.78, 5) is 2.46. The summed E-state index contributed by atoms with van der Waals surface area (Å²) < 4.78 is 7.15. The number of nitrogens with zero attached hydrogens (tertiary/aromatic N) is 1. The molecule has 2 heteroatoms. The van der Waals surface area contributed by atoms with Gasteiger partial charge in [0, 0.05) is 44.6 Å². The molecule has 1 heterocycles. The summed E-state index contributed by atoms with van der Waals surface area (Å²) in [5.74, 6) is 1.80. The summed E-state index contributed by atoms with van der Waals surface area (Å²) in [7, 11) is 0. The molecule has 10 aromatic rings. The quantitative estimate of drug-likeness (QED) is 0.175. The molecule has 1 aliphatic heterocycles. The van der Waals surface area contributed by atoms with Crippen LogP contribution in [0.4, 0.5) is 17.1 Å². The van der Waals surface area contributed by atoms with Crippen molar-refractivity contribution in [1.29, 1.82) is 0 Å². The fraction of sp³-hybridized carbons (Fsp3) is 0.108. The maximum atomic E-state index is 7.15. The molecule has 3 aliphatic carbocycles. The van der Waals surface area contributed by atoms with Gasteiger partial charge in [-0.15, -0.1) is 0 Å². The first-order valence-electron chi connectivity index (χ1n) is 23.7. The molecule has 0 fully saturated rings. The Bertz CT molecular complexity index is 3630. The minimum atomic E-state index is -0.561. The predicted molar refractivity (Wildman–Crippen MR) is 277 cm³/mol. The van der Waals surface area contributed by atoms with Crippen LogP contribution in [0.15, 0.2) is 212 Å². The number of para-hydroxylation sites is 2. The van der Waals surface area contributed by atoms with Gasteiger partial charge in [0.05, 0.1) is 5.41 Å². The minimum absolute atomic E-state index is 0.130. The lowest BCUT2D eigenvalue weighted by atomic mass is 9.65. The maximum absolute atomic E-state index is 7.15. The van der Waals surface area contributed by atoms with E-state index in [0.717, 1.165) is 39.7 Å². The predicted octanol–water partition coefficient (Wildman–Crippen LogP) is 17.1. The molecule has 0 N–H and O–H groups in total. The van der Waals surface area contributed by atoms with Gasteiger partial charge >= 0.3 is 0 Å². The van der Waals surface area contributed by atoms with Crippen molar-refractivity contribution in [2.75, 3.05) is 4.90 Å². The maximum Gasteiger partial charge on any atom is 0.140 e. The topological polar surface area (TPSA) is 12.5 Å². The van der Waals surface area contributed by atoms with Crippen LogP contribution in [0.25, 0.3) is 55.3 Å². The Morgan fingerprint density at radius 1 is 0.343 bits per heavy atom. The summed E-state index contributed by atoms with van der Waals surface area (Å²) in [6, 6.07) is 79.1. The molecular formula is C65H47NO. The van der Waals surface area contributed by atoms with Gasteiger partial charge in [-0.25, -0.2) is 0 Å². The van der Waals surface area contributed by atoms with E-state index in [1.807, 2.05) is 0 Å². The number of hydrogen-bond donors (Lipinski definition) is 0. The lowest BCUT2D eigenvalue weighted by molar-refractivity contribution is 0.438. The molecule has 67 heavy (non-hydrogen) atoms. The fourth-order valence-corrected chi connectivity index (χ4v) is 12.8. The van der Waals surface area contributed by atoms with E-state index in [4.69, 9.17) is 4.74 Å². The zero-order valence-corrected chi connectivity index (χ0v) is 38.1. The van der Waals surface area contributed by atoms with Crippen molar-refractivity contribution in [1.82, 2.24) is 0 Å². The summed E-state index contributed by atoms with van der Waals surface area (Å²) in [5.41, 5.74) is 23.0. The van der Waals surface area contributed by atoms with E-state index in [1.165, 1.54) is 88.7 Å². The van der Waals surface area contributed by atoms with Crippen molar-refractivity contribution in [2.24, 2.45) is 0 Å². The Kier molecular flexibility index (Phi) is 7.76.